The summed E-state index contributed by atoms with van der Waals surface area (Å²) in [6.07, 6.45) is 3.95. The molecule has 7 heteroatoms. The Hall–Kier alpha value is -0.820. The van der Waals surface area contributed by atoms with Gasteiger partial charge in [-0.15, -0.1) is 0 Å². The lowest BCUT2D eigenvalue weighted by atomic mass is 9.75. The number of nitrogens with two attached hydrogens (primary N) is 1. The van der Waals surface area contributed by atoms with Crippen molar-refractivity contribution in [1.82, 2.24) is 4.72 Å². The fourth-order valence-corrected chi connectivity index (χ4v) is 3.62. The molecule has 1 aliphatic carbocycles. The zero-order chi connectivity index (χ0) is 15.6. The van der Waals surface area contributed by atoms with E-state index in [1.165, 1.54) is 0 Å². The van der Waals surface area contributed by atoms with Gasteiger partial charge in [0, 0.05) is 0 Å². The van der Waals surface area contributed by atoms with E-state index in [4.69, 9.17) is 10.9 Å². The Balaban J connectivity index is 3.05. The monoisotopic (exact) mass is 305 g/mol. The zero-order valence-corrected chi connectivity index (χ0v) is 13.6. The van der Waals surface area contributed by atoms with Crippen LogP contribution in [0.25, 0.3) is 0 Å². The Kier molecular flexibility index (Phi) is 5.08. The van der Waals surface area contributed by atoms with E-state index in [1.54, 1.807) is 20.8 Å². The molecule has 0 aromatic heterocycles. The SMILES string of the molecule is CCC1CCC(NS(=O)(=O)C(C)(C)C)(C(N)=NO)CC1. The van der Waals surface area contributed by atoms with Crippen molar-refractivity contribution in [2.45, 2.75) is 70.1 Å². The van der Waals surface area contributed by atoms with Gasteiger partial charge < -0.3 is 10.9 Å². The number of nitrogens with one attached hydrogen (secondary N) is 1. The molecule has 1 rings (SSSR count). The molecule has 0 atom stereocenters. The smallest absolute Gasteiger partial charge is 0.217 e. The van der Waals surface area contributed by atoms with E-state index in [1.807, 2.05) is 0 Å². The van der Waals surface area contributed by atoms with Gasteiger partial charge in [-0.05, 0) is 52.4 Å². The maximum absolute atomic E-state index is 12.4. The molecular weight excluding hydrogens is 278 g/mol. The van der Waals surface area contributed by atoms with Crippen LogP contribution in [0.4, 0.5) is 0 Å². The molecule has 0 amide bonds. The van der Waals surface area contributed by atoms with E-state index in [9.17, 15) is 8.42 Å². The largest absolute Gasteiger partial charge is 0.409 e. The number of rotatable bonds is 4. The number of hydrogen-bond acceptors (Lipinski definition) is 4. The number of oxime groups is 1. The van der Waals surface area contributed by atoms with Crippen molar-refractivity contribution < 1.29 is 13.6 Å². The predicted octanol–water partition coefficient (Wildman–Crippen LogP) is 1.79. The van der Waals surface area contributed by atoms with E-state index in [0.717, 1.165) is 19.3 Å². The van der Waals surface area contributed by atoms with Crippen LogP contribution in [-0.4, -0.2) is 29.7 Å². The van der Waals surface area contributed by atoms with Gasteiger partial charge in [0.2, 0.25) is 10.0 Å². The lowest BCUT2D eigenvalue weighted by molar-refractivity contribution is 0.252. The second-order valence-electron chi connectivity index (χ2n) is 6.64. The highest BCUT2D eigenvalue weighted by molar-refractivity contribution is 7.90. The first-order valence-corrected chi connectivity index (χ1v) is 8.58. The Bertz CT molecular complexity index is 458. The van der Waals surface area contributed by atoms with E-state index in [2.05, 4.69) is 16.8 Å². The first kappa shape index (κ1) is 17.2. The van der Waals surface area contributed by atoms with Gasteiger partial charge >= 0.3 is 0 Å². The topological polar surface area (TPSA) is 105 Å². The van der Waals surface area contributed by atoms with Gasteiger partial charge in [0.1, 0.15) is 0 Å². The molecule has 0 heterocycles. The van der Waals surface area contributed by atoms with Gasteiger partial charge in [0.05, 0.1) is 10.3 Å². The molecule has 1 saturated carbocycles. The summed E-state index contributed by atoms with van der Waals surface area (Å²) in [4.78, 5) is 0. The Morgan fingerprint density at radius 1 is 1.40 bits per heavy atom. The minimum absolute atomic E-state index is 0.0418. The highest BCUT2D eigenvalue weighted by Gasteiger charge is 2.44. The predicted molar refractivity (Wildman–Crippen MR) is 80.2 cm³/mol. The summed E-state index contributed by atoms with van der Waals surface area (Å²) in [5.41, 5.74) is 4.84. The Morgan fingerprint density at radius 3 is 2.25 bits per heavy atom. The van der Waals surface area contributed by atoms with Crippen molar-refractivity contribution in [2.24, 2.45) is 16.8 Å². The highest BCUT2D eigenvalue weighted by atomic mass is 32.2. The number of nitrogens with zero attached hydrogens (tertiary/aromatic N) is 1. The van der Waals surface area contributed by atoms with Gasteiger partial charge in [-0.25, -0.2) is 13.1 Å². The lowest BCUT2D eigenvalue weighted by Crippen LogP contribution is -2.61. The van der Waals surface area contributed by atoms with Crippen molar-refractivity contribution in [3.63, 3.8) is 0 Å². The van der Waals surface area contributed by atoms with E-state index < -0.39 is 20.3 Å². The summed E-state index contributed by atoms with van der Waals surface area (Å²) in [5, 5.41) is 12.1. The molecule has 1 aliphatic rings. The highest BCUT2D eigenvalue weighted by Crippen LogP contribution is 2.35. The summed E-state index contributed by atoms with van der Waals surface area (Å²) >= 11 is 0. The molecule has 0 aromatic carbocycles. The molecule has 4 N–H and O–H groups in total. The average Bonchev–Trinajstić information content (AvgIpc) is 2.36. The molecule has 6 nitrogen and oxygen atoms in total. The van der Waals surface area contributed by atoms with Crippen molar-refractivity contribution in [3.05, 3.63) is 0 Å². The number of hydrogen-bond donors (Lipinski definition) is 3. The van der Waals surface area contributed by atoms with Crippen molar-refractivity contribution in [2.75, 3.05) is 0 Å². The van der Waals surface area contributed by atoms with Gasteiger partial charge in [-0.1, -0.05) is 18.5 Å². The summed E-state index contributed by atoms with van der Waals surface area (Å²) in [6, 6.07) is 0. The van der Waals surface area contributed by atoms with Crippen LogP contribution in [0.15, 0.2) is 5.16 Å². The Labute approximate surface area is 121 Å². The van der Waals surface area contributed by atoms with Crippen molar-refractivity contribution in [1.29, 1.82) is 0 Å². The second-order valence-corrected chi connectivity index (χ2v) is 9.07. The van der Waals surface area contributed by atoms with Crippen LogP contribution in [0, 0.1) is 5.92 Å². The molecule has 118 valence electrons. The normalized spacial score (nSPS) is 29.4. The average molecular weight is 305 g/mol. The molecule has 0 bridgehead atoms. The summed E-state index contributed by atoms with van der Waals surface area (Å²) in [7, 11) is -3.56. The third-order valence-corrected chi connectivity index (χ3v) is 6.54. The first-order valence-electron chi connectivity index (χ1n) is 7.09. The minimum Gasteiger partial charge on any atom is -0.409 e. The standard InChI is InChI=1S/C13H27N3O3S/c1-5-10-6-8-13(9-7-10,11(14)15-17)16-20(18,19)12(2,3)4/h10,16-17H,5-9H2,1-4H3,(H2,14,15). The van der Waals surface area contributed by atoms with Crippen LogP contribution >= 0.6 is 0 Å². The second kappa shape index (κ2) is 5.89. The zero-order valence-electron chi connectivity index (χ0n) is 12.8. The van der Waals surface area contributed by atoms with Crippen LogP contribution in [0.5, 0.6) is 0 Å². The van der Waals surface area contributed by atoms with Crippen LogP contribution in [0.2, 0.25) is 0 Å². The van der Waals surface area contributed by atoms with E-state index in [-0.39, 0.29) is 5.84 Å². The van der Waals surface area contributed by atoms with Gasteiger partial charge in [0.25, 0.3) is 0 Å². The third-order valence-electron chi connectivity index (χ3n) is 4.27. The molecule has 0 spiro atoms. The fraction of sp³-hybridized carbons (Fsp3) is 0.923. The molecule has 0 radical (unpaired) electrons. The number of amidine groups is 1. The first-order chi connectivity index (χ1) is 9.08. The third kappa shape index (κ3) is 3.44. The lowest BCUT2D eigenvalue weighted by Gasteiger charge is -2.40. The van der Waals surface area contributed by atoms with Crippen LogP contribution < -0.4 is 10.5 Å². The molecule has 0 saturated heterocycles. The molecular formula is C13H27N3O3S. The van der Waals surface area contributed by atoms with Gasteiger partial charge in [0.15, 0.2) is 5.84 Å². The van der Waals surface area contributed by atoms with E-state index in [0.29, 0.717) is 18.8 Å². The van der Waals surface area contributed by atoms with Crippen molar-refractivity contribution in [3.8, 4) is 0 Å². The van der Waals surface area contributed by atoms with Gasteiger partial charge in [-0.2, -0.15) is 0 Å². The number of sulfonamides is 1. The summed E-state index contributed by atoms with van der Waals surface area (Å²) < 4.78 is 26.6. The molecule has 1 fully saturated rings. The summed E-state index contributed by atoms with van der Waals surface area (Å²) in [6.45, 7) is 7.02. The molecule has 0 unspecified atom stereocenters. The van der Waals surface area contributed by atoms with Crippen LogP contribution in [0.3, 0.4) is 0 Å². The fourth-order valence-electron chi connectivity index (χ4n) is 2.50. The Morgan fingerprint density at radius 2 is 1.90 bits per heavy atom. The van der Waals surface area contributed by atoms with Gasteiger partial charge in [-0.3, -0.25) is 0 Å². The quantitative estimate of drug-likeness (QED) is 0.319. The summed E-state index contributed by atoms with van der Waals surface area (Å²) in [5.74, 6) is 0.536. The minimum atomic E-state index is -3.56. The maximum Gasteiger partial charge on any atom is 0.217 e. The molecule has 20 heavy (non-hydrogen) atoms. The molecule has 0 aliphatic heterocycles. The van der Waals surface area contributed by atoms with Crippen LogP contribution in [0.1, 0.15) is 59.8 Å². The molecule has 0 aromatic rings. The maximum atomic E-state index is 12.4. The van der Waals surface area contributed by atoms with Crippen LogP contribution in [-0.2, 0) is 10.0 Å². The van der Waals surface area contributed by atoms with Crippen molar-refractivity contribution >= 4 is 15.9 Å². The van der Waals surface area contributed by atoms with E-state index >= 15 is 0 Å².